The van der Waals surface area contributed by atoms with Crippen molar-refractivity contribution in [1.82, 2.24) is 0 Å². The summed E-state index contributed by atoms with van der Waals surface area (Å²) in [6.45, 7) is 4.25. The Bertz CT molecular complexity index is 217. The second kappa shape index (κ2) is 7.73. The Kier molecular flexibility index (Phi) is 6.61. The third-order valence-corrected chi connectivity index (χ3v) is 3.79. The standard InChI is InChI=1S/C15H28O2/c1-3-5-7-11-15(12-8-6-9-13-15)17-14(16)10-4-2/h3-13H2,1-2H3. The second-order valence-corrected chi connectivity index (χ2v) is 5.42. The molecule has 0 atom stereocenters. The topological polar surface area (TPSA) is 26.3 Å². The second-order valence-electron chi connectivity index (χ2n) is 5.42. The van der Waals surface area contributed by atoms with Gasteiger partial charge in [-0.2, -0.15) is 0 Å². The molecule has 0 heterocycles. The first-order valence-electron chi connectivity index (χ1n) is 7.44. The predicted octanol–water partition coefficient (Wildman–Crippen LogP) is 4.61. The molecule has 1 aliphatic rings. The molecule has 0 bridgehead atoms. The van der Waals surface area contributed by atoms with Crippen molar-refractivity contribution in [2.24, 2.45) is 0 Å². The van der Waals surface area contributed by atoms with Crippen LogP contribution in [0.2, 0.25) is 0 Å². The number of hydrogen-bond acceptors (Lipinski definition) is 2. The summed E-state index contributed by atoms with van der Waals surface area (Å²) in [6, 6.07) is 0. The Morgan fingerprint density at radius 1 is 1.06 bits per heavy atom. The van der Waals surface area contributed by atoms with Crippen LogP contribution in [0.25, 0.3) is 0 Å². The van der Waals surface area contributed by atoms with Crippen LogP contribution in [0.3, 0.4) is 0 Å². The Balaban J connectivity index is 2.48. The fourth-order valence-electron chi connectivity index (χ4n) is 2.79. The van der Waals surface area contributed by atoms with Gasteiger partial charge >= 0.3 is 5.97 Å². The zero-order valence-electron chi connectivity index (χ0n) is 11.6. The summed E-state index contributed by atoms with van der Waals surface area (Å²) in [5.74, 6) is 0.0194. The van der Waals surface area contributed by atoms with E-state index < -0.39 is 0 Å². The molecule has 2 heteroatoms. The molecule has 0 N–H and O–H groups in total. The number of hydrogen-bond donors (Lipinski definition) is 0. The van der Waals surface area contributed by atoms with Crippen molar-refractivity contribution in [3.05, 3.63) is 0 Å². The summed E-state index contributed by atoms with van der Waals surface area (Å²) in [7, 11) is 0. The summed E-state index contributed by atoms with van der Waals surface area (Å²) in [6.07, 6.45) is 12.2. The molecular weight excluding hydrogens is 212 g/mol. The fraction of sp³-hybridized carbons (Fsp3) is 0.933. The van der Waals surface area contributed by atoms with E-state index in [9.17, 15) is 4.79 Å². The molecule has 100 valence electrons. The highest BCUT2D eigenvalue weighted by molar-refractivity contribution is 5.69. The molecule has 17 heavy (non-hydrogen) atoms. The van der Waals surface area contributed by atoms with Crippen LogP contribution in [0.5, 0.6) is 0 Å². The summed E-state index contributed by atoms with van der Waals surface area (Å²) in [5, 5.41) is 0. The lowest BCUT2D eigenvalue weighted by molar-refractivity contribution is -0.164. The highest BCUT2D eigenvalue weighted by Gasteiger charge is 2.34. The van der Waals surface area contributed by atoms with Crippen LogP contribution in [0.15, 0.2) is 0 Å². The minimum atomic E-state index is -0.0975. The van der Waals surface area contributed by atoms with Gasteiger partial charge in [-0.15, -0.1) is 0 Å². The van der Waals surface area contributed by atoms with Gasteiger partial charge in [-0.05, 0) is 44.9 Å². The van der Waals surface area contributed by atoms with Crippen molar-refractivity contribution in [3.63, 3.8) is 0 Å². The average Bonchev–Trinajstić information content (AvgIpc) is 2.30. The van der Waals surface area contributed by atoms with Crippen LogP contribution in [-0.4, -0.2) is 11.6 Å². The molecule has 0 radical (unpaired) electrons. The number of esters is 1. The molecular formula is C15H28O2. The van der Waals surface area contributed by atoms with Gasteiger partial charge < -0.3 is 4.74 Å². The van der Waals surface area contributed by atoms with E-state index in [2.05, 4.69) is 6.92 Å². The zero-order valence-corrected chi connectivity index (χ0v) is 11.6. The molecule has 1 saturated carbocycles. The SMILES string of the molecule is CCCCCC1(OC(=O)CCC)CCCCC1. The van der Waals surface area contributed by atoms with Gasteiger partial charge in [0.2, 0.25) is 0 Å². The van der Waals surface area contributed by atoms with Crippen LogP contribution >= 0.6 is 0 Å². The number of rotatable bonds is 7. The molecule has 0 spiro atoms. The molecule has 0 saturated heterocycles. The van der Waals surface area contributed by atoms with E-state index in [1.165, 1.54) is 38.5 Å². The number of carbonyl (C=O) groups is 1. The van der Waals surface area contributed by atoms with Gasteiger partial charge in [-0.25, -0.2) is 0 Å². The van der Waals surface area contributed by atoms with Crippen molar-refractivity contribution in [3.8, 4) is 0 Å². The van der Waals surface area contributed by atoms with Gasteiger partial charge in [0, 0.05) is 6.42 Å². The quantitative estimate of drug-likeness (QED) is 0.479. The van der Waals surface area contributed by atoms with Crippen LogP contribution in [0.1, 0.15) is 84.5 Å². The third-order valence-electron chi connectivity index (χ3n) is 3.79. The molecule has 0 amide bonds. The van der Waals surface area contributed by atoms with E-state index in [0.717, 1.165) is 25.7 Å². The molecule has 0 aliphatic heterocycles. The minimum Gasteiger partial charge on any atom is -0.459 e. The lowest BCUT2D eigenvalue weighted by Crippen LogP contribution is -2.37. The van der Waals surface area contributed by atoms with Crippen molar-refractivity contribution in [2.45, 2.75) is 90.1 Å². The molecule has 1 aliphatic carbocycles. The number of ether oxygens (including phenoxy) is 1. The van der Waals surface area contributed by atoms with Crippen LogP contribution in [-0.2, 0) is 9.53 Å². The van der Waals surface area contributed by atoms with Crippen molar-refractivity contribution < 1.29 is 9.53 Å². The number of carbonyl (C=O) groups excluding carboxylic acids is 1. The average molecular weight is 240 g/mol. The molecule has 0 unspecified atom stereocenters. The van der Waals surface area contributed by atoms with E-state index in [1.807, 2.05) is 6.92 Å². The van der Waals surface area contributed by atoms with Crippen LogP contribution in [0.4, 0.5) is 0 Å². The van der Waals surface area contributed by atoms with Crippen molar-refractivity contribution in [2.75, 3.05) is 0 Å². The summed E-state index contributed by atoms with van der Waals surface area (Å²) in [4.78, 5) is 11.7. The number of unbranched alkanes of at least 4 members (excludes halogenated alkanes) is 2. The first-order chi connectivity index (χ1) is 8.22. The van der Waals surface area contributed by atoms with Gasteiger partial charge in [0.1, 0.15) is 5.60 Å². The van der Waals surface area contributed by atoms with Crippen LogP contribution < -0.4 is 0 Å². The summed E-state index contributed by atoms with van der Waals surface area (Å²) >= 11 is 0. The van der Waals surface area contributed by atoms with Gasteiger partial charge in [0.05, 0.1) is 0 Å². The normalized spacial score (nSPS) is 18.9. The lowest BCUT2D eigenvalue weighted by Gasteiger charge is -2.37. The first kappa shape index (κ1) is 14.5. The van der Waals surface area contributed by atoms with E-state index >= 15 is 0 Å². The summed E-state index contributed by atoms with van der Waals surface area (Å²) < 4.78 is 5.83. The van der Waals surface area contributed by atoms with Gasteiger partial charge in [-0.3, -0.25) is 4.79 Å². The Morgan fingerprint density at radius 3 is 2.35 bits per heavy atom. The summed E-state index contributed by atoms with van der Waals surface area (Å²) in [5.41, 5.74) is -0.0975. The predicted molar refractivity (Wildman–Crippen MR) is 71.0 cm³/mol. The third kappa shape index (κ3) is 5.10. The Labute approximate surface area is 106 Å². The largest absolute Gasteiger partial charge is 0.459 e. The Morgan fingerprint density at radius 2 is 1.76 bits per heavy atom. The molecule has 1 rings (SSSR count). The zero-order chi connectivity index (χ0) is 12.6. The lowest BCUT2D eigenvalue weighted by atomic mass is 9.81. The van der Waals surface area contributed by atoms with E-state index in [1.54, 1.807) is 0 Å². The van der Waals surface area contributed by atoms with Gasteiger partial charge in [0.25, 0.3) is 0 Å². The Hall–Kier alpha value is -0.530. The van der Waals surface area contributed by atoms with Gasteiger partial charge in [-0.1, -0.05) is 33.1 Å². The van der Waals surface area contributed by atoms with Gasteiger partial charge in [0.15, 0.2) is 0 Å². The molecule has 2 nitrogen and oxygen atoms in total. The van der Waals surface area contributed by atoms with E-state index in [0.29, 0.717) is 6.42 Å². The maximum absolute atomic E-state index is 11.7. The molecule has 0 aromatic rings. The molecule has 0 aromatic carbocycles. The maximum atomic E-state index is 11.7. The maximum Gasteiger partial charge on any atom is 0.306 e. The van der Waals surface area contributed by atoms with E-state index in [4.69, 9.17) is 4.74 Å². The van der Waals surface area contributed by atoms with Crippen molar-refractivity contribution >= 4 is 5.97 Å². The molecule has 0 aromatic heterocycles. The monoisotopic (exact) mass is 240 g/mol. The first-order valence-corrected chi connectivity index (χ1v) is 7.44. The van der Waals surface area contributed by atoms with E-state index in [-0.39, 0.29) is 11.6 Å². The highest BCUT2D eigenvalue weighted by Crippen LogP contribution is 2.36. The smallest absolute Gasteiger partial charge is 0.306 e. The highest BCUT2D eigenvalue weighted by atomic mass is 16.6. The van der Waals surface area contributed by atoms with Crippen molar-refractivity contribution in [1.29, 1.82) is 0 Å². The molecule has 1 fully saturated rings. The fourth-order valence-corrected chi connectivity index (χ4v) is 2.79. The minimum absolute atomic E-state index is 0.0194. The van der Waals surface area contributed by atoms with Crippen LogP contribution in [0, 0.1) is 0 Å².